The number of aliphatic hydroxyl groups is 1. The van der Waals surface area contributed by atoms with E-state index in [1.54, 1.807) is 0 Å². The van der Waals surface area contributed by atoms with E-state index in [2.05, 4.69) is 34.4 Å². The third kappa shape index (κ3) is 6.14. The van der Waals surface area contributed by atoms with Crippen molar-refractivity contribution >= 4 is 11.5 Å². The van der Waals surface area contributed by atoms with Gasteiger partial charge in [-0.25, -0.2) is 15.3 Å². The molecule has 0 amide bonds. The SMILES string of the molecule is CCCCC(CC1CCC2C(CCC3(C)C(O)CCC23)C1)=NOCCC1N=C(CN(C)C)NO1. The Morgan fingerprint density at radius 2 is 2.12 bits per heavy atom. The van der Waals surface area contributed by atoms with Crippen LogP contribution in [0.25, 0.3) is 0 Å². The summed E-state index contributed by atoms with van der Waals surface area (Å²) in [5.74, 6) is 4.02. The third-order valence-corrected chi connectivity index (χ3v) is 9.15. The second-order valence-corrected chi connectivity index (χ2v) is 11.9. The van der Waals surface area contributed by atoms with Crippen LogP contribution in [0.2, 0.25) is 0 Å². The molecule has 2 N–H and O–H groups in total. The highest BCUT2D eigenvalue weighted by Gasteiger charge is 2.54. The molecule has 0 saturated heterocycles. The smallest absolute Gasteiger partial charge is 0.180 e. The first-order valence-corrected chi connectivity index (χ1v) is 13.9. The Bertz CT molecular complexity index is 727. The maximum Gasteiger partial charge on any atom is 0.180 e. The van der Waals surface area contributed by atoms with E-state index in [1.165, 1.54) is 57.1 Å². The lowest BCUT2D eigenvalue weighted by atomic mass is 9.55. The molecule has 1 aliphatic heterocycles. The molecule has 7 heteroatoms. The summed E-state index contributed by atoms with van der Waals surface area (Å²) in [6.45, 7) is 5.89. The standard InChI is InChI=1S/C27H48N4O3/c1-5-6-7-21(29-33-15-13-26-28-25(30-34-26)18-31(3)4)17-19-8-9-22-20(16-19)12-14-27(2)23(22)10-11-24(27)32/h19-20,22-24,26,32H,5-18H2,1-4H3,(H,28,30). The van der Waals surface area contributed by atoms with Gasteiger partial charge in [0.05, 0.1) is 18.4 Å². The van der Waals surface area contributed by atoms with Gasteiger partial charge in [0.25, 0.3) is 0 Å². The average Bonchev–Trinajstić information content (AvgIpc) is 3.38. The summed E-state index contributed by atoms with van der Waals surface area (Å²) in [7, 11) is 4.04. The van der Waals surface area contributed by atoms with Crippen molar-refractivity contribution in [2.45, 2.75) is 103 Å². The lowest BCUT2D eigenvalue weighted by Gasteiger charge is -2.51. The summed E-state index contributed by atoms with van der Waals surface area (Å²) >= 11 is 0. The Kier molecular flexibility index (Phi) is 8.91. The summed E-state index contributed by atoms with van der Waals surface area (Å²) in [5.41, 5.74) is 4.34. The number of rotatable bonds is 11. The van der Waals surface area contributed by atoms with E-state index >= 15 is 0 Å². The zero-order valence-electron chi connectivity index (χ0n) is 22.0. The average molecular weight is 477 g/mol. The zero-order valence-corrected chi connectivity index (χ0v) is 22.0. The van der Waals surface area contributed by atoms with Crippen molar-refractivity contribution in [1.29, 1.82) is 0 Å². The minimum Gasteiger partial charge on any atom is -0.396 e. The second kappa shape index (κ2) is 11.7. The molecular formula is C27H48N4O3. The Labute approximate surface area is 206 Å². The number of nitrogens with one attached hydrogen (secondary N) is 1. The summed E-state index contributed by atoms with van der Waals surface area (Å²) in [4.78, 5) is 17.9. The van der Waals surface area contributed by atoms with Crippen molar-refractivity contribution in [3.8, 4) is 0 Å². The van der Waals surface area contributed by atoms with Gasteiger partial charge in [-0.05, 0) is 107 Å². The minimum atomic E-state index is -0.189. The number of amidine groups is 1. The lowest BCUT2D eigenvalue weighted by Crippen LogP contribution is -2.45. The number of nitrogens with zero attached hydrogens (tertiary/aromatic N) is 3. The fraction of sp³-hybridized carbons (Fsp3) is 0.926. The molecule has 3 aliphatic carbocycles. The highest BCUT2D eigenvalue weighted by Crippen LogP contribution is 2.59. The van der Waals surface area contributed by atoms with Crippen molar-refractivity contribution in [1.82, 2.24) is 10.4 Å². The fourth-order valence-electron chi connectivity index (χ4n) is 7.28. The Morgan fingerprint density at radius 1 is 1.26 bits per heavy atom. The van der Waals surface area contributed by atoms with Gasteiger partial charge in [0, 0.05) is 6.42 Å². The van der Waals surface area contributed by atoms with Gasteiger partial charge < -0.3 is 14.8 Å². The van der Waals surface area contributed by atoms with Crippen LogP contribution in [0.3, 0.4) is 0 Å². The molecule has 0 radical (unpaired) electrons. The molecule has 7 unspecified atom stereocenters. The predicted octanol–water partition coefficient (Wildman–Crippen LogP) is 4.75. The maximum atomic E-state index is 10.6. The molecule has 0 bridgehead atoms. The quantitative estimate of drug-likeness (QED) is 0.255. The third-order valence-electron chi connectivity index (χ3n) is 9.15. The topological polar surface area (TPSA) is 78.7 Å². The number of hydrogen-bond acceptors (Lipinski definition) is 7. The van der Waals surface area contributed by atoms with Crippen molar-refractivity contribution in [2.75, 3.05) is 27.2 Å². The van der Waals surface area contributed by atoms with E-state index in [-0.39, 0.29) is 17.7 Å². The minimum absolute atomic E-state index is 0.0724. The number of fused-ring (bicyclic) bond motifs is 3. The Balaban J connectivity index is 1.25. The van der Waals surface area contributed by atoms with Crippen LogP contribution < -0.4 is 5.48 Å². The molecule has 0 aromatic carbocycles. The summed E-state index contributed by atoms with van der Waals surface area (Å²) < 4.78 is 0. The number of unbranched alkanes of at least 4 members (excludes halogenated alkanes) is 1. The number of likely N-dealkylation sites (N-methyl/N-ethyl adjacent to an activating group) is 1. The van der Waals surface area contributed by atoms with Crippen LogP contribution in [0, 0.1) is 29.1 Å². The van der Waals surface area contributed by atoms with Crippen LogP contribution in [0.5, 0.6) is 0 Å². The molecular weight excluding hydrogens is 428 g/mol. The molecule has 0 aromatic rings. The fourth-order valence-corrected chi connectivity index (χ4v) is 7.28. The lowest BCUT2D eigenvalue weighted by molar-refractivity contribution is -0.0516. The first kappa shape index (κ1) is 25.9. The van der Waals surface area contributed by atoms with Crippen LogP contribution in [0.15, 0.2) is 10.1 Å². The maximum absolute atomic E-state index is 10.6. The highest BCUT2D eigenvalue weighted by atomic mass is 16.7. The molecule has 3 saturated carbocycles. The van der Waals surface area contributed by atoms with Crippen LogP contribution >= 0.6 is 0 Å². The monoisotopic (exact) mass is 476 g/mol. The van der Waals surface area contributed by atoms with Crippen LogP contribution in [0.4, 0.5) is 0 Å². The molecule has 4 rings (SSSR count). The molecule has 194 valence electrons. The largest absolute Gasteiger partial charge is 0.396 e. The second-order valence-electron chi connectivity index (χ2n) is 11.9. The van der Waals surface area contributed by atoms with Crippen molar-refractivity contribution in [2.24, 2.45) is 39.2 Å². The molecule has 34 heavy (non-hydrogen) atoms. The summed E-state index contributed by atoms with van der Waals surface area (Å²) in [6.07, 6.45) is 13.7. The van der Waals surface area contributed by atoms with E-state index in [4.69, 9.17) is 9.68 Å². The van der Waals surface area contributed by atoms with Crippen LogP contribution in [-0.2, 0) is 9.68 Å². The number of oxime groups is 1. The molecule has 4 aliphatic rings. The van der Waals surface area contributed by atoms with E-state index in [0.717, 1.165) is 55.3 Å². The molecule has 0 aromatic heterocycles. The van der Waals surface area contributed by atoms with E-state index < -0.39 is 0 Å². The van der Waals surface area contributed by atoms with Crippen molar-refractivity contribution < 1.29 is 14.8 Å². The Hall–Kier alpha value is -1.18. The van der Waals surface area contributed by atoms with Crippen LogP contribution in [-0.4, -0.2) is 61.1 Å². The van der Waals surface area contributed by atoms with Crippen molar-refractivity contribution in [3.63, 3.8) is 0 Å². The highest BCUT2D eigenvalue weighted by molar-refractivity contribution is 5.84. The van der Waals surface area contributed by atoms with Gasteiger partial charge in [0.15, 0.2) is 6.23 Å². The van der Waals surface area contributed by atoms with E-state index in [9.17, 15) is 5.11 Å². The molecule has 7 atom stereocenters. The number of aliphatic imine (C=N–C) groups is 1. The van der Waals surface area contributed by atoms with Gasteiger partial charge in [-0.1, -0.05) is 25.4 Å². The first-order chi connectivity index (χ1) is 16.4. The number of aliphatic hydroxyl groups excluding tert-OH is 1. The zero-order chi connectivity index (χ0) is 24.1. The number of hydroxylamine groups is 1. The van der Waals surface area contributed by atoms with Gasteiger partial charge in [-0.2, -0.15) is 0 Å². The molecule has 3 fully saturated rings. The van der Waals surface area contributed by atoms with Crippen LogP contribution in [0.1, 0.15) is 90.9 Å². The van der Waals surface area contributed by atoms with E-state index in [1.807, 2.05) is 14.1 Å². The molecule has 1 heterocycles. The summed E-state index contributed by atoms with van der Waals surface area (Å²) in [5, 5.41) is 15.2. The number of hydrogen-bond donors (Lipinski definition) is 2. The Morgan fingerprint density at radius 3 is 2.91 bits per heavy atom. The van der Waals surface area contributed by atoms with Crippen molar-refractivity contribution in [3.05, 3.63) is 0 Å². The summed E-state index contributed by atoms with van der Waals surface area (Å²) in [6, 6.07) is 0. The van der Waals surface area contributed by atoms with Gasteiger partial charge in [-0.3, -0.25) is 0 Å². The first-order valence-electron chi connectivity index (χ1n) is 13.9. The van der Waals surface area contributed by atoms with Gasteiger partial charge >= 0.3 is 0 Å². The predicted molar refractivity (Wildman–Crippen MR) is 137 cm³/mol. The molecule has 0 spiro atoms. The van der Waals surface area contributed by atoms with Gasteiger partial charge in [0.1, 0.15) is 12.4 Å². The van der Waals surface area contributed by atoms with Gasteiger partial charge in [-0.15, -0.1) is 0 Å². The molecule has 7 nitrogen and oxygen atoms in total. The van der Waals surface area contributed by atoms with Gasteiger partial charge in [0.2, 0.25) is 0 Å². The van der Waals surface area contributed by atoms with E-state index in [0.29, 0.717) is 13.0 Å². The normalized spacial score (nSPS) is 37.8.